The molecule has 0 radical (unpaired) electrons. The van der Waals surface area contributed by atoms with Gasteiger partial charge in [-0.2, -0.15) is 0 Å². The van der Waals surface area contributed by atoms with Gasteiger partial charge in [-0.1, -0.05) is 17.7 Å². The minimum atomic E-state index is -0.0775. The van der Waals surface area contributed by atoms with Crippen LogP contribution in [-0.4, -0.2) is 59.3 Å². The van der Waals surface area contributed by atoms with Crippen molar-refractivity contribution >= 4 is 28.9 Å². The first-order valence-electron chi connectivity index (χ1n) is 11.3. The first-order chi connectivity index (χ1) is 16.2. The normalized spacial score (nSPS) is 21.4. The van der Waals surface area contributed by atoms with Crippen molar-refractivity contribution in [2.45, 2.75) is 18.5 Å². The number of hydrogen-bond acceptors (Lipinski definition) is 5. The zero-order valence-electron chi connectivity index (χ0n) is 18.3. The van der Waals surface area contributed by atoms with E-state index in [1.54, 1.807) is 0 Å². The van der Waals surface area contributed by atoms with Crippen LogP contribution in [0.2, 0.25) is 5.02 Å². The number of halogens is 1. The van der Waals surface area contributed by atoms with Crippen LogP contribution in [0.25, 0.3) is 11.3 Å². The van der Waals surface area contributed by atoms with Crippen LogP contribution in [0.4, 0.5) is 0 Å². The molecule has 2 atom stereocenters. The number of thiocarbonyl (C=S) groups is 1. The van der Waals surface area contributed by atoms with Crippen molar-refractivity contribution in [2.75, 3.05) is 39.4 Å². The molecular weight excluding hydrogens is 456 g/mol. The highest BCUT2D eigenvalue weighted by Gasteiger charge is 2.41. The maximum atomic E-state index is 6.38. The lowest BCUT2D eigenvalue weighted by atomic mass is 10.0. The quantitative estimate of drug-likeness (QED) is 0.490. The number of aromatic nitrogens is 1. The lowest BCUT2D eigenvalue weighted by molar-refractivity contribution is 0.0365. The van der Waals surface area contributed by atoms with E-state index in [2.05, 4.69) is 26.2 Å². The minimum absolute atomic E-state index is 0.0712. The van der Waals surface area contributed by atoms with Crippen molar-refractivity contribution in [3.05, 3.63) is 77.3 Å². The van der Waals surface area contributed by atoms with Gasteiger partial charge in [-0.05, 0) is 67.2 Å². The van der Waals surface area contributed by atoms with Gasteiger partial charge in [0.1, 0.15) is 17.6 Å². The molecule has 2 fully saturated rings. The second-order valence-electron chi connectivity index (χ2n) is 8.34. The Morgan fingerprint density at radius 1 is 1.03 bits per heavy atom. The molecule has 6 nitrogen and oxygen atoms in total. The van der Waals surface area contributed by atoms with E-state index in [-0.39, 0.29) is 12.1 Å². The van der Waals surface area contributed by atoms with Gasteiger partial charge in [-0.15, -0.1) is 0 Å². The molecule has 0 unspecified atom stereocenters. The summed E-state index contributed by atoms with van der Waals surface area (Å²) in [4.78, 5) is 9.31. The van der Waals surface area contributed by atoms with Gasteiger partial charge >= 0.3 is 0 Å². The van der Waals surface area contributed by atoms with Crippen molar-refractivity contribution in [2.24, 2.45) is 0 Å². The van der Waals surface area contributed by atoms with Crippen LogP contribution < -0.4 is 5.32 Å². The highest BCUT2D eigenvalue weighted by atomic mass is 35.5. The van der Waals surface area contributed by atoms with Crippen LogP contribution in [-0.2, 0) is 4.74 Å². The summed E-state index contributed by atoms with van der Waals surface area (Å²) in [6.45, 7) is 5.48. The SMILES string of the molecule is S=C1N[C@H](c2ccccn2)[C@@H](c2ccc(-c3ccc(Cl)cc3)o2)N1CCCN1CCOCC1. The molecule has 5 rings (SSSR count). The Labute approximate surface area is 204 Å². The summed E-state index contributed by atoms with van der Waals surface area (Å²) in [6.07, 6.45) is 2.83. The number of rotatable bonds is 7. The zero-order chi connectivity index (χ0) is 22.6. The van der Waals surface area contributed by atoms with Gasteiger partial charge in [-0.25, -0.2) is 0 Å². The zero-order valence-corrected chi connectivity index (χ0v) is 19.9. The first kappa shape index (κ1) is 22.3. The molecule has 1 aromatic carbocycles. The molecule has 8 heteroatoms. The topological polar surface area (TPSA) is 53.8 Å². The molecule has 0 amide bonds. The van der Waals surface area contributed by atoms with Crippen LogP contribution in [0.5, 0.6) is 0 Å². The number of hydrogen-bond donors (Lipinski definition) is 1. The van der Waals surface area contributed by atoms with Crippen LogP contribution in [0.15, 0.2) is 65.2 Å². The van der Waals surface area contributed by atoms with Gasteiger partial charge in [0.05, 0.1) is 24.9 Å². The van der Waals surface area contributed by atoms with Crippen LogP contribution >= 0.6 is 23.8 Å². The van der Waals surface area contributed by atoms with Gasteiger partial charge in [-0.3, -0.25) is 9.88 Å². The molecule has 0 bridgehead atoms. The van der Waals surface area contributed by atoms with Gasteiger partial charge in [0, 0.05) is 43.0 Å². The third-order valence-electron chi connectivity index (χ3n) is 6.22. The molecule has 4 heterocycles. The molecule has 33 heavy (non-hydrogen) atoms. The summed E-state index contributed by atoms with van der Waals surface area (Å²) >= 11 is 11.8. The van der Waals surface area contributed by atoms with E-state index in [0.717, 1.165) is 73.7 Å². The van der Waals surface area contributed by atoms with Gasteiger partial charge in [0.2, 0.25) is 0 Å². The number of nitrogens with zero attached hydrogens (tertiary/aromatic N) is 3. The standard InChI is InChI=1S/C25H27ClN4O2S/c26-19-7-5-18(6-8-19)21-9-10-22(32-21)24-23(20-4-1-2-11-27-20)28-25(33)30(24)13-3-12-29-14-16-31-17-15-29/h1-2,4-11,23-24H,3,12-17H2,(H,28,33)/t23-,24-/m1/s1. The van der Waals surface area contributed by atoms with E-state index in [1.807, 2.05) is 54.7 Å². The van der Waals surface area contributed by atoms with Crippen molar-refractivity contribution in [1.82, 2.24) is 20.1 Å². The number of benzene rings is 1. The Morgan fingerprint density at radius 3 is 2.61 bits per heavy atom. The first-order valence-corrected chi connectivity index (χ1v) is 12.1. The maximum Gasteiger partial charge on any atom is 0.170 e. The average Bonchev–Trinajstić information content (AvgIpc) is 3.46. The highest BCUT2D eigenvalue weighted by Crippen LogP contribution is 2.40. The number of nitrogens with one attached hydrogen (secondary N) is 1. The van der Waals surface area contributed by atoms with E-state index in [1.165, 1.54) is 0 Å². The molecule has 3 aromatic rings. The van der Waals surface area contributed by atoms with Crippen LogP contribution in [0.3, 0.4) is 0 Å². The summed E-state index contributed by atoms with van der Waals surface area (Å²) in [5, 5.41) is 4.94. The van der Waals surface area contributed by atoms with Crippen LogP contribution in [0.1, 0.15) is 30.0 Å². The fourth-order valence-corrected chi connectivity index (χ4v) is 4.98. The molecule has 2 saturated heterocycles. The van der Waals surface area contributed by atoms with Crippen molar-refractivity contribution in [3.8, 4) is 11.3 Å². The Kier molecular flexibility index (Phi) is 6.92. The van der Waals surface area contributed by atoms with E-state index in [0.29, 0.717) is 5.02 Å². The third-order valence-corrected chi connectivity index (χ3v) is 6.83. The Bertz CT molecular complexity index is 1070. The Balaban J connectivity index is 1.39. The number of ether oxygens (including phenoxy) is 1. The summed E-state index contributed by atoms with van der Waals surface area (Å²) in [5.74, 6) is 1.68. The fraction of sp³-hybridized carbons (Fsp3) is 0.360. The summed E-state index contributed by atoms with van der Waals surface area (Å²) in [7, 11) is 0. The summed E-state index contributed by atoms with van der Waals surface area (Å²) < 4.78 is 11.9. The van der Waals surface area contributed by atoms with E-state index in [4.69, 9.17) is 33.0 Å². The lowest BCUT2D eigenvalue weighted by Crippen LogP contribution is -2.38. The predicted octanol–water partition coefficient (Wildman–Crippen LogP) is 4.69. The maximum absolute atomic E-state index is 6.38. The fourth-order valence-electron chi connectivity index (χ4n) is 4.53. The van der Waals surface area contributed by atoms with Gasteiger partial charge in [0.25, 0.3) is 0 Å². The summed E-state index contributed by atoms with van der Waals surface area (Å²) in [6, 6.07) is 17.6. The van der Waals surface area contributed by atoms with Gasteiger partial charge < -0.3 is 19.4 Å². The van der Waals surface area contributed by atoms with E-state index >= 15 is 0 Å². The molecule has 172 valence electrons. The molecule has 2 aromatic heterocycles. The number of pyridine rings is 1. The van der Waals surface area contributed by atoms with Crippen molar-refractivity contribution < 1.29 is 9.15 Å². The molecule has 0 aliphatic carbocycles. The molecule has 1 N–H and O–H groups in total. The van der Waals surface area contributed by atoms with Crippen molar-refractivity contribution in [3.63, 3.8) is 0 Å². The smallest absolute Gasteiger partial charge is 0.170 e. The van der Waals surface area contributed by atoms with Gasteiger partial charge in [0.15, 0.2) is 5.11 Å². The molecular formula is C25H27ClN4O2S. The monoisotopic (exact) mass is 482 g/mol. The third kappa shape index (κ3) is 5.06. The number of morpholine rings is 1. The Hall–Kier alpha value is -2.45. The predicted molar refractivity (Wildman–Crippen MR) is 133 cm³/mol. The summed E-state index contributed by atoms with van der Waals surface area (Å²) in [5.41, 5.74) is 1.94. The van der Waals surface area contributed by atoms with Crippen molar-refractivity contribution in [1.29, 1.82) is 0 Å². The largest absolute Gasteiger partial charge is 0.459 e. The van der Waals surface area contributed by atoms with Crippen LogP contribution in [0, 0.1) is 0 Å². The average molecular weight is 483 g/mol. The second-order valence-corrected chi connectivity index (χ2v) is 9.16. The molecule has 2 aliphatic heterocycles. The molecule has 0 spiro atoms. The Morgan fingerprint density at radius 2 is 1.85 bits per heavy atom. The van der Waals surface area contributed by atoms with E-state index < -0.39 is 0 Å². The number of furan rings is 1. The molecule has 2 aliphatic rings. The second kappa shape index (κ2) is 10.2. The van der Waals surface area contributed by atoms with E-state index in [9.17, 15) is 0 Å². The molecule has 0 saturated carbocycles. The highest BCUT2D eigenvalue weighted by molar-refractivity contribution is 7.80. The minimum Gasteiger partial charge on any atom is -0.459 e. The lowest BCUT2D eigenvalue weighted by Gasteiger charge is -2.29.